The Bertz CT molecular complexity index is 819. The van der Waals surface area contributed by atoms with E-state index in [2.05, 4.69) is 20.3 Å². The number of nitrogens with one attached hydrogen (secondary N) is 1. The number of rotatable bonds is 5. The van der Waals surface area contributed by atoms with Crippen LogP contribution in [0.4, 0.5) is 5.82 Å². The molecule has 0 bridgehead atoms. The van der Waals surface area contributed by atoms with E-state index in [1.807, 2.05) is 12.1 Å². The van der Waals surface area contributed by atoms with Gasteiger partial charge in [0.2, 0.25) is 0 Å². The summed E-state index contributed by atoms with van der Waals surface area (Å²) in [4.78, 5) is 12.9. The summed E-state index contributed by atoms with van der Waals surface area (Å²) in [7, 11) is 0. The molecule has 1 aliphatic rings. The third kappa shape index (κ3) is 2.62. The van der Waals surface area contributed by atoms with Crippen LogP contribution < -0.4 is 5.32 Å². The van der Waals surface area contributed by atoms with Crippen LogP contribution in [0.25, 0.3) is 11.2 Å². The third-order valence-corrected chi connectivity index (χ3v) is 4.06. The molecule has 1 saturated heterocycles. The zero-order valence-corrected chi connectivity index (χ0v) is 12.7. The van der Waals surface area contributed by atoms with Gasteiger partial charge in [0.05, 0.1) is 31.8 Å². The lowest BCUT2D eigenvalue weighted by atomic mass is 10.2. The van der Waals surface area contributed by atoms with Crippen LogP contribution in [0.3, 0.4) is 0 Å². The Labute approximate surface area is 136 Å². The molecule has 0 aliphatic carbocycles. The third-order valence-electron chi connectivity index (χ3n) is 4.06. The maximum atomic E-state index is 9.90. The van der Waals surface area contributed by atoms with Crippen LogP contribution in [-0.4, -0.2) is 48.5 Å². The first-order valence-electron chi connectivity index (χ1n) is 7.64. The number of aliphatic hydroxyl groups is 2. The van der Waals surface area contributed by atoms with Gasteiger partial charge in [-0.3, -0.25) is 4.57 Å². The molecular weight excluding hydrogens is 314 g/mol. The van der Waals surface area contributed by atoms with Crippen molar-refractivity contribution >= 4 is 17.0 Å². The van der Waals surface area contributed by atoms with Crippen LogP contribution in [0.5, 0.6) is 0 Å². The highest BCUT2D eigenvalue weighted by Crippen LogP contribution is 2.31. The average molecular weight is 331 g/mol. The highest BCUT2D eigenvalue weighted by atomic mass is 16.5. The number of aromatic nitrogens is 4. The molecule has 3 N–H and O–H groups in total. The number of hydrogen-bond acceptors (Lipinski definition) is 8. The lowest BCUT2D eigenvalue weighted by Gasteiger charge is -2.13. The van der Waals surface area contributed by atoms with Gasteiger partial charge in [0.1, 0.15) is 24.4 Å². The molecular formula is C15H17N5O4. The lowest BCUT2D eigenvalue weighted by molar-refractivity contribution is -0.0432. The first kappa shape index (κ1) is 15.1. The summed E-state index contributed by atoms with van der Waals surface area (Å²) in [6, 6.07) is 3.69. The van der Waals surface area contributed by atoms with Gasteiger partial charge >= 0.3 is 0 Å². The Hall–Kier alpha value is -2.49. The van der Waals surface area contributed by atoms with Crippen molar-refractivity contribution in [2.45, 2.75) is 31.4 Å². The summed E-state index contributed by atoms with van der Waals surface area (Å²) >= 11 is 0. The number of imidazole rings is 1. The largest absolute Gasteiger partial charge is 0.467 e. The van der Waals surface area contributed by atoms with E-state index in [9.17, 15) is 10.2 Å². The number of aliphatic hydroxyl groups excluding tert-OH is 2. The van der Waals surface area contributed by atoms with Crippen molar-refractivity contribution in [2.24, 2.45) is 0 Å². The van der Waals surface area contributed by atoms with E-state index in [0.717, 1.165) is 5.76 Å². The van der Waals surface area contributed by atoms with E-state index in [1.54, 1.807) is 17.2 Å². The second-order valence-corrected chi connectivity index (χ2v) is 5.59. The van der Waals surface area contributed by atoms with E-state index < -0.39 is 18.4 Å². The van der Waals surface area contributed by atoms with Gasteiger partial charge in [-0.25, -0.2) is 15.0 Å². The standard InChI is InChI=1S/C15H17N5O4/c21-6-11-10(22)4-12(24-11)20-8-19-13-14(17-7-18-15(13)20)16-5-9-2-1-3-23-9/h1-3,7-8,10-12,21-22H,4-6H2,(H,16,17,18)/t10-,11+,12+/m0/s1. The van der Waals surface area contributed by atoms with Gasteiger partial charge in [-0.15, -0.1) is 0 Å². The maximum Gasteiger partial charge on any atom is 0.167 e. The van der Waals surface area contributed by atoms with Crippen molar-refractivity contribution in [3.8, 4) is 0 Å². The summed E-state index contributed by atoms with van der Waals surface area (Å²) < 4.78 is 12.7. The van der Waals surface area contributed by atoms with Crippen LogP contribution in [0.1, 0.15) is 18.4 Å². The molecule has 0 saturated carbocycles. The van der Waals surface area contributed by atoms with E-state index in [0.29, 0.717) is 29.9 Å². The fraction of sp³-hybridized carbons (Fsp3) is 0.400. The zero-order chi connectivity index (χ0) is 16.5. The van der Waals surface area contributed by atoms with Crippen LogP contribution in [-0.2, 0) is 11.3 Å². The zero-order valence-electron chi connectivity index (χ0n) is 12.7. The summed E-state index contributed by atoms with van der Waals surface area (Å²) in [6.07, 6.45) is 3.31. The van der Waals surface area contributed by atoms with Crippen molar-refractivity contribution in [1.29, 1.82) is 0 Å². The summed E-state index contributed by atoms with van der Waals surface area (Å²) in [5.41, 5.74) is 1.21. The quantitative estimate of drug-likeness (QED) is 0.624. The van der Waals surface area contributed by atoms with Crippen molar-refractivity contribution in [3.05, 3.63) is 36.8 Å². The van der Waals surface area contributed by atoms with Crippen LogP contribution >= 0.6 is 0 Å². The Balaban J connectivity index is 1.59. The van der Waals surface area contributed by atoms with Gasteiger partial charge < -0.3 is 24.7 Å². The number of hydrogen-bond donors (Lipinski definition) is 3. The smallest absolute Gasteiger partial charge is 0.167 e. The van der Waals surface area contributed by atoms with Gasteiger partial charge in [0.25, 0.3) is 0 Å². The average Bonchev–Trinajstić information content (AvgIpc) is 3.32. The Morgan fingerprint density at radius 3 is 3.00 bits per heavy atom. The van der Waals surface area contributed by atoms with E-state index in [-0.39, 0.29) is 6.61 Å². The number of anilines is 1. The predicted molar refractivity (Wildman–Crippen MR) is 83.0 cm³/mol. The molecule has 9 heteroatoms. The van der Waals surface area contributed by atoms with Crippen molar-refractivity contribution < 1.29 is 19.4 Å². The van der Waals surface area contributed by atoms with Crippen molar-refractivity contribution in [2.75, 3.05) is 11.9 Å². The second kappa shape index (κ2) is 6.19. The van der Waals surface area contributed by atoms with Crippen LogP contribution in [0.2, 0.25) is 0 Å². The lowest BCUT2D eigenvalue weighted by Crippen LogP contribution is -2.24. The minimum absolute atomic E-state index is 0.227. The minimum atomic E-state index is -0.712. The number of nitrogens with zero attached hydrogens (tertiary/aromatic N) is 4. The molecule has 1 aliphatic heterocycles. The summed E-state index contributed by atoms with van der Waals surface area (Å²) in [5.74, 6) is 1.38. The summed E-state index contributed by atoms with van der Waals surface area (Å²) in [5, 5.41) is 22.3. The fourth-order valence-electron chi connectivity index (χ4n) is 2.83. The van der Waals surface area contributed by atoms with Gasteiger partial charge in [-0.2, -0.15) is 0 Å². The molecule has 9 nitrogen and oxygen atoms in total. The SMILES string of the molecule is OC[C@H]1O[C@@H](n2cnc3c(NCc4ccco4)ncnc32)C[C@@H]1O. The van der Waals surface area contributed by atoms with Crippen molar-refractivity contribution in [1.82, 2.24) is 19.5 Å². The Kier molecular flexibility index (Phi) is 3.89. The van der Waals surface area contributed by atoms with E-state index in [1.165, 1.54) is 6.33 Å². The molecule has 24 heavy (non-hydrogen) atoms. The molecule has 0 unspecified atom stereocenters. The highest BCUT2D eigenvalue weighted by Gasteiger charge is 2.35. The number of ether oxygens (including phenoxy) is 1. The van der Waals surface area contributed by atoms with Crippen molar-refractivity contribution in [3.63, 3.8) is 0 Å². The molecule has 3 atom stereocenters. The van der Waals surface area contributed by atoms with E-state index in [4.69, 9.17) is 9.15 Å². The molecule has 0 aromatic carbocycles. The normalized spacial score (nSPS) is 23.8. The molecule has 3 aromatic rings. The Morgan fingerprint density at radius 2 is 2.25 bits per heavy atom. The molecule has 3 aromatic heterocycles. The second-order valence-electron chi connectivity index (χ2n) is 5.59. The molecule has 0 radical (unpaired) electrons. The first-order chi connectivity index (χ1) is 11.8. The highest BCUT2D eigenvalue weighted by molar-refractivity contribution is 5.82. The Morgan fingerprint density at radius 1 is 1.33 bits per heavy atom. The van der Waals surface area contributed by atoms with Crippen LogP contribution in [0.15, 0.2) is 35.5 Å². The molecule has 0 spiro atoms. The van der Waals surface area contributed by atoms with Gasteiger partial charge in [0, 0.05) is 6.42 Å². The predicted octanol–water partition coefficient (Wildman–Crippen LogP) is 0.672. The molecule has 1 fully saturated rings. The molecule has 4 heterocycles. The van der Waals surface area contributed by atoms with Crippen LogP contribution in [0, 0.1) is 0 Å². The maximum absolute atomic E-state index is 9.90. The first-order valence-corrected chi connectivity index (χ1v) is 7.64. The van der Waals surface area contributed by atoms with Gasteiger partial charge in [0.15, 0.2) is 17.0 Å². The molecule has 4 rings (SSSR count). The molecule has 0 amide bonds. The summed E-state index contributed by atoms with van der Waals surface area (Å²) in [6.45, 7) is 0.256. The fourth-order valence-corrected chi connectivity index (χ4v) is 2.83. The minimum Gasteiger partial charge on any atom is -0.467 e. The number of fused-ring (bicyclic) bond motifs is 1. The molecule has 126 valence electrons. The van der Waals surface area contributed by atoms with Gasteiger partial charge in [-0.1, -0.05) is 0 Å². The topological polar surface area (TPSA) is 118 Å². The number of furan rings is 1. The van der Waals surface area contributed by atoms with Gasteiger partial charge in [-0.05, 0) is 12.1 Å². The van der Waals surface area contributed by atoms with E-state index >= 15 is 0 Å². The monoisotopic (exact) mass is 331 g/mol.